The van der Waals surface area contributed by atoms with Crippen molar-refractivity contribution in [1.82, 2.24) is 9.80 Å². The zero-order chi connectivity index (χ0) is 25.0. The standard InChI is InChI=1S/C30H33N3O3/c34-27(13-12-24-7-2-1-3-8-24)31-20-16-30(17-21-31)18-22-32(23-30)28(35)14-15-29(36)33-19-6-10-25-9-4-5-11-26(25)33/h1-5,7-9,11H,6,10,14-23H2. The average molecular weight is 484 g/mol. The van der Waals surface area contributed by atoms with Crippen LogP contribution in [-0.2, 0) is 20.8 Å². The van der Waals surface area contributed by atoms with Crippen LogP contribution >= 0.6 is 0 Å². The Kier molecular flexibility index (Phi) is 7.09. The number of fused-ring (bicyclic) bond motifs is 1. The second-order valence-corrected chi connectivity index (χ2v) is 10.3. The molecule has 0 aliphatic carbocycles. The molecule has 2 aromatic rings. The molecule has 186 valence electrons. The van der Waals surface area contributed by atoms with Gasteiger partial charge in [-0.05, 0) is 61.3 Å². The highest BCUT2D eigenvalue weighted by Crippen LogP contribution is 2.40. The van der Waals surface area contributed by atoms with E-state index in [1.165, 1.54) is 5.56 Å². The minimum Gasteiger partial charge on any atom is -0.342 e. The molecule has 0 atom stereocenters. The number of para-hydroxylation sites is 1. The van der Waals surface area contributed by atoms with E-state index < -0.39 is 0 Å². The molecule has 0 radical (unpaired) electrons. The second kappa shape index (κ2) is 10.6. The maximum Gasteiger partial charge on any atom is 0.298 e. The molecule has 0 bridgehead atoms. The summed E-state index contributed by atoms with van der Waals surface area (Å²) in [4.78, 5) is 44.1. The molecular weight excluding hydrogens is 450 g/mol. The largest absolute Gasteiger partial charge is 0.342 e. The maximum atomic E-state index is 13.0. The fraction of sp³-hybridized carbons (Fsp3) is 0.433. The van der Waals surface area contributed by atoms with Crippen LogP contribution in [0.2, 0.25) is 0 Å². The fourth-order valence-corrected chi connectivity index (χ4v) is 5.77. The molecule has 0 saturated carbocycles. The lowest BCUT2D eigenvalue weighted by atomic mass is 9.78. The van der Waals surface area contributed by atoms with Crippen LogP contribution in [0.3, 0.4) is 0 Å². The average Bonchev–Trinajstić information content (AvgIpc) is 3.34. The summed E-state index contributed by atoms with van der Waals surface area (Å²) < 4.78 is 0. The van der Waals surface area contributed by atoms with Gasteiger partial charge in [0.1, 0.15) is 0 Å². The van der Waals surface area contributed by atoms with Gasteiger partial charge in [-0.1, -0.05) is 42.3 Å². The number of carbonyl (C=O) groups excluding carboxylic acids is 3. The molecule has 6 nitrogen and oxygen atoms in total. The van der Waals surface area contributed by atoms with Gasteiger partial charge in [0.2, 0.25) is 11.8 Å². The first-order chi connectivity index (χ1) is 17.5. The van der Waals surface area contributed by atoms with Crippen LogP contribution in [0.15, 0.2) is 54.6 Å². The lowest BCUT2D eigenvalue weighted by Gasteiger charge is -2.38. The van der Waals surface area contributed by atoms with Crippen molar-refractivity contribution in [2.75, 3.05) is 37.6 Å². The van der Waals surface area contributed by atoms with Gasteiger partial charge >= 0.3 is 0 Å². The number of hydrogen-bond acceptors (Lipinski definition) is 3. The van der Waals surface area contributed by atoms with E-state index in [0.29, 0.717) is 13.1 Å². The number of piperidine rings is 1. The molecule has 3 amide bonds. The van der Waals surface area contributed by atoms with E-state index in [-0.39, 0.29) is 36.0 Å². The zero-order valence-corrected chi connectivity index (χ0v) is 20.7. The Bertz CT molecular complexity index is 1190. The lowest BCUT2D eigenvalue weighted by molar-refractivity contribution is -0.133. The molecule has 3 aliphatic heterocycles. The molecule has 3 heterocycles. The first kappa shape index (κ1) is 24.1. The summed E-state index contributed by atoms with van der Waals surface area (Å²) >= 11 is 0. The third kappa shape index (κ3) is 5.31. The van der Waals surface area contributed by atoms with E-state index in [9.17, 15) is 14.4 Å². The van der Waals surface area contributed by atoms with Crippen LogP contribution < -0.4 is 4.90 Å². The Morgan fingerprint density at radius 3 is 2.22 bits per heavy atom. The van der Waals surface area contributed by atoms with Crippen molar-refractivity contribution < 1.29 is 14.4 Å². The SMILES string of the molecule is O=C(C#Cc1ccccc1)N1CCC2(CC1)CCN(C(=O)CCC(=O)N1CCCc3ccccc31)C2. The molecule has 2 saturated heterocycles. The summed E-state index contributed by atoms with van der Waals surface area (Å²) in [6.45, 7) is 3.54. The molecule has 3 aliphatic rings. The topological polar surface area (TPSA) is 60.9 Å². The van der Waals surface area contributed by atoms with Crippen molar-refractivity contribution in [2.24, 2.45) is 5.41 Å². The maximum absolute atomic E-state index is 13.0. The number of anilines is 1. The number of carbonyl (C=O) groups is 3. The molecule has 5 rings (SSSR count). The minimum atomic E-state index is -0.127. The fourth-order valence-electron chi connectivity index (χ4n) is 5.77. The molecule has 6 heteroatoms. The molecular formula is C30H33N3O3. The quantitative estimate of drug-likeness (QED) is 0.627. The van der Waals surface area contributed by atoms with Crippen molar-refractivity contribution in [3.05, 3.63) is 65.7 Å². The molecule has 0 N–H and O–H groups in total. The highest BCUT2D eigenvalue weighted by Gasteiger charge is 2.42. The van der Waals surface area contributed by atoms with Crippen LogP contribution in [0.4, 0.5) is 5.69 Å². The number of benzene rings is 2. The van der Waals surface area contributed by atoms with Crippen molar-refractivity contribution in [1.29, 1.82) is 0 Å². The van der Waals surface area contributed by atoms with E-state index in [1.807, 2.05) is 63.2 Å². The van der Waals surface area contributed by atoms with Crippen molar-refractivity contribution in [3.63, 3.8) is 0 Å². The molecule has 1 spiro atoms. The third-order valence-electron chi connectivity index (χ3n) is 7.95. The Labute approximate surface area is 213 Å². The van der Waals surface area contributed by atoms with Crippen molar-refractivity contribution in [3.8, 4) is 11.8 Å². The van der Waals surface area contributed by atoms with Gasteiger partial charge in [0.05, 0.1) is 0 Å². The molecule has 2 aromatic carbocycles. The number of amides is 3. The number of nitrogens with zero attached hydrogens (tertiary/aromatic N) is 3. The normalized spacial score (nSPS) is 18.4. The summed E-state index contributed by atoms with van der Waals surface area (Å²) in [6, 6.07) is 17.6. The second-order valence-electron chi connectivity index (χ2n) is 10.3. The molecule has 0 aromatic heterocycles. The Balaban J connectivity index is 1.09. The smallest absolute Gasteiger partial charge is 0.298 e. The van der Waals surface area contributed by atoms with E-state index >= 15 is 0 Å². The van der Waals surface area contributed by atoms with Crippen LogP contribution in [0, 0.1) is 17.3 Å². The van der Waals surface area contributed by atoms with Crippen molar-refractivity contribution in [2.45, 2.75) is 44.9 Å². The molecule has 0 unspecified atom stereocenters. The number of hydrogen-bond donors (Lipinski definition) is 0. The van der Waals surface area contributed by atoms with Gasteiger partial charge in [-0.3, -0.25) is 14.4 Å². The number of aryl methyl sites for hydroxylation is 1. The monoisotopic (exact) mass is 483 g/mol. The van der Waals surface area contributed by atoms with Gasteiger partial charge in [0.15, 0.2) is 0 Å². The predicted octanol–water partition coefficient (Wildman–Crippen LogP) is 3.64. The van der Waals surface area contributed by atoms with Gasteiger partial charge in [-0.2, -0.15) is 0 Å². The molecule has 36 heavy (non-hydrogen) atoms. The summed E-state index contributed by atoms with van der Waals surface area (Å²) in [6.07, 6.45) is 5.20. The predicted molar refractivity (Wildman–Crippen MR) is 139 cm³/mol. The van der Waals surface area contributed by atoms with E-state index in [1.54, 1.807) is 0 Å². The first-order valence-corrected chi connectivity index (χ1v) is 13.1. The third-order valence-corrected chi connectivity index (χ3v) is 7.95. The number of likely N-dealkylation sites (tertiary alicyclic amines) is 2. The minimum absolute atomic E-state index is 0.0350. The number of rotatable bonds is 3. The van der Waals surface area contributed by atoms with Crippen LogP contribution in [0.5, 0.6) is 0 Å². The van der Waals surface area contributed by atoms with E-state index in [2.05, 4.69) is 17.9 Å². The Morgan fingerprint density at radius 2 is 1.44 bits per heavy atom. The lowest BCUT2D eigenvalue weighted by Crippen LogP contribution is -2.44. The van der Waals surface area contributed by atoms with Crippen LogP contribution in [0.1, 0.15) is 49.7 Å². The summed E-state index contributed by atoms with van der Waals surface area (Å²) in [7, 11) is 0. The van der Waals surface area contributed by atoms with Gasteiger partial charge in [0, 0.05) is 62.7 Å². The Morgan fingerprint density at radius 1 is 0.778 bits per heavy atom. The van der Waals surface area contributed by atoms with E-state index in [4.69, 9.17) is 0 Å². The zero-order valence-electron chi connectivity index (χ0n) is 20.7. The first-order valence-electron chi connectivity index (χ1n) is 13.1. The van der Waals surface area contributed by atoms with Crippen molar-refractivity contribution >= 4 is 23.4 Å². The highest BCUT2D eigenvalue weighted by molar-refractivity contribution is 5.96. The summed E-state index contributed by atoms with van der Waals surface area (Å²) in [5, 5.41) is 0. The Hall–Kier alpha value is -3.59. The summed E-state index contributed by atoms with van der Waals surface area (Å²) in [5.41, 5.74) is 3.12. The summed E-state index contributed by atoms with van der Waals surface area (Å²) in [5.74, 6) is 5.70. The van der Waals surface area contributed by atoms with E-state index in [0.717, 1.165) is 63.0 Å². The van der Waals surface area contributed by atoms with Gasteiger partial charge in [0.25, 0.3) is 5.91 Å². The van der Waals surface area contributed by atoms with Gasteiger partial charge < -0.3 is 14.7 Å². The van der Waals surface area contributed by atoms with Gasteiger partial charge in [-0.25, -0.2) is 0 Å². The molecule has 2 fully saturated rings. The van der Waals surface area contributed by atoms with Crippen LogP contribution in [0.25, 0.3) is 0 Å². The highest BCUT2D eigenvalue weighted by atomic mass is 16.2. The van der Waals surface area contributed by atoms with Crippen LogP contribution in [-0.4, -0.2) is 60.2 Å². The van der Waals surface area contributed by atoms with Gasteiger partial charge in [-0.15, -0.1) is 0 Å².